The van der Waals surface area contributed by atoms with Gasteiger partial charge >= 0.3 is 0 Å². The Bertz CT molecular complexity index is 2570. The van der Waals surface area contributed by atoms with Crippen LogP contribution in [0.5, 0.6) is 0 Å². The number of anilines is 2. The molecule has 0 bridgehead atoms. The maximum Gasteiger partial charge on any atom is 0.249 e. The molecule has 0 aromatic carbocycles. The van der Waals surface area contributed by atoms with Crippen molar-refractivity contribution in [3.05, 3.63) is 71.0 Å². The van der Waals surface area contributed by atoms with Crippen LogP contribution in [0.25, 0.3) is 44.8 Å². The van der Waals surface area contributed by atoms with Crippen molar-refractivity contribution in [1.82, 2.24) is 50.5 Å². The van der Waals surface area contributed by atoms with Gasteiger partial charge in [-0.3, -0.25) is 9.59 Å². The molecule has 6 atom stereocenters. The van der Waals surface area contributed by atoms with Crippen LogP contribution >= 0.6 is 23.2 Å². The summed E-state index contributed by atoms with van der Waals surface area (Å²) in [7, 11) is 0. The van der Waals surface area contributed by atoms with Crippen molar-refractivity contribution in [2.45, 2.75) is 114 Å². The van der Waals surface area contributed by atoms with Gasteiger partial charge in [0, 0.05) is 77.5 Å². The molecule has 332 valence electrons. The molecule has 2 saturated carbocycles. The average Bonchev–Trinajstić information content (AvgIpc) is 3.90. The van der Waals surface area contributed by atoms with E-state index < -0.39 is 23.6 Å². The maximum absolute atomic E-state index is 14.6. The third-order valence-corrected chi connectivity index (χ3v) is 12.0. The number of hydrogen-bond acceptors (Lipinski definition) is 12. The summed E-state index contributed by atoms with van der Waals surface area (Å²) < 4.78 is 34.6. The van der Waals surface area contributed by atoms with Crippen molar-refractivity contribution >= 4 is 68.7 Å². The van der Waals surface area contributed by atoms with Gasteiger partial charge in [-0.05, 0) is 89.7 Å². The highest BCUT2D eigenvalue weighted by molar-refractivity contribution is 6.31. The molecule has 3 fully saturated rings. The number of aromatic nitrogens is 8. The van der Waals surface area contributed by atoms with Gasteiger partial charge in [0.05, 0.1) is 22.4 Å². The molecule has 2 unspecified atom stereocenters. The van der Waals surface area contributed by atoms with E-state index in [1.54, 1.807) is 36.9 Å². The highest BCUT2D eigenvalue weighted by Gasteiger charge is 2.29. The van der Waals surface area contributed by atoms with Crippen LogP contribution in [0.15, 0.2) is 49.3 Å². The molecular formula is C43H48Cl2F2N12O4. The van der Waals surface area contributed by atoms with Gasteiger partial charge in [-0.25, -0.2) is 38.7 Å². The maximum atomic E-state index is 14.6. The molecule has 63 heavy (non-hydrogen) atoms. The topological polar surface area (TPSA) is 221 Å². The van der Waals surface area contributed by atoms with Crippen LogP contribution in [0, 0.1) is 11.6 Å². The first-order valence-corrected chi connectivity index (χ1v) is 22.0. The van der Waals surface area contributed by atoms with Crippen LogP contribution in [0.4, 0.5) is 20.4 Å². The number of amides is 2. The first-order chi connectivity index (χ1) is 30.5. The number of aromatic amines is 2. The zero-order valence-corrected chi connectivity index (χ0v) is 35.9. The minimum absolute atomic E-state index is 0.00680. The lowest BCUT2D eigenvalue weighted by Gasteiger charge is -2.32. The van der Waals surface area contributed by atoms with E-state index in [0.29, 0.717) is 63.6 Å². The third kappa shape index (κ3) is 10.8. The van der Waals surface area contributed by atoms with Gasteiger partial charge in [-0.1, -0.05) is 23.2 Å². The van der Waals surface area contributed by atoms with Crippen LogP contribution in [0.1, 0.15) is 77.6 Å². The number of hydrogen-bond donors (Lipinski definition) is 7. The van der Waals surface area contributed by atoms with E-state index in [2.05, 4.69) is 61.1 Å². The molecule has 7 N–H and O–H groups in total. The van der Waals surface area contributed by atoms with E-state index in [1.807, 2.05) is 0 Å². The van der Waals surface area contributed by atoms with Crippen LogP contribution < -0.4 is 21.3 Å². The molecule has 20 heteroatoms. The molecule has 0 spiro atoms. The Kier molecular flexibility index (Phi) is 13.9. The van der Waals surface area contributed by atoms with Crippen LogP contribution in [-0.4, -0.2) is 99.8 Å². The molecule has 2 amide bonds. The Morgan fingerprint density at radius 1 is 0.714 bits per heavy atom. The fraction of sp³-hybridized carbons (Fsp3) is 0.442. The number of nitrogens with zero attached hydrogens (tertiary/aromatic N) is 6. The number of carbonyl (C=O) groups is 2. The average molecular weight is 906 g/mol. The number of pyridine rings is 2. The number of halogens is 4. The van der Waals surface area contributed by atoms with Gasteiger partial charge < -0.3 is 41.1 Å². The normalized spacial score (nSPS) is 21.8. The van der Waals surface area contributed by atoms with Crippen molar-refractivity contribution in [2.75, 3.05) is 17.2 Å². The van der Waals surface area contributed by atoms with Crippen molar-refractivity contribution < 1.29 is 28.2 Å². The van der Waals surface area contributed by atoms with E-state index in [1.165, 1.54) is 13.1 Å². The lowest BCUT2D eigenvalue weighted by Crippen LogP contribution is -2.47. The van der Waals surface area contributed by atoms with Gasteiger partial charge in [0.2, 0.25) is 11.8 Å². The summed E-state index contributed by atoms with van der Waals surface area (Å²) in [6.45, 7) is 2.07. The van der Waals surface area contributed by atoms with Crippen LogP contribution in [-0.2, 0) is 14.3 Å². The van der Waals surface area contributed by atoms with Gasteiger partial charge in [-0.2, -0.15) is 0 Å². The molecule has 7 heterocycles. The second kappa shape index (κ2) is 19.9. The van der Waals surface area contributed by atoms with E-state index in [0.717, 1.165) is 74.8 Å². The Hall–Kier alpha value is -5.56. The van der Waals surface area contributed by atoms with E-state index in [-0.39, 0.29) is 47.8 Å². The fourth-order valence-electron chi connectivity index (χ4n) is 8.38. The van der Waals surface area contributed by atoms with Crippen LogP contribution in [0.3, 0.4) is 0 Å². The Labute approximate surface area is 371 Å². The largest absolute Gasteiger partial charge is 0.384 e. The Morgan fingerprint density at radius 3 is 1.71 bits per heavy atom. The minimum Gasteiger partial charge on any atom is -0.384 e. The zero-order valence-electron chi connectivity index (χ0n) is 34.4. The second-order valence-corrected chi connectivity index (χ2v) is 17.1. The molecule has 2 aliphatic carbocycles. The summed E-state index contributed by atoms with van der Waals surface area (Å²) in [6, 6.07) is 3.42. The summed E-state index contributed by atoms with van der Waals surface area (Å²) in [6.07, 6.45) is 16.8. The monoisotopic (exact) mass is 904 g/mol. The minimum atomic E-state index is -1.06. The summed E-state index contributed by atoms with van der Waals surface area (Å²) >= 11 is 12.1. The number of fused-ring (bicyclic) bond motifs is 2. The van der Waals surface area contributed by atoms with Crippen LogP contribution in [0.2, 0.25) is 10.0 Å². The number of nitrogens with one attached hydrogen (secondary N) is 6. The van der Waals surface area contributed by atoms with E-state index in [9.17, 15) is 23.5 Å². The number of H-pyrrole nitrogens is 2. The zero-order chi connectivity index (χ0) is 44.0. The first kappa shape index (κ1) is 44.1. The molecule has 1 saturated heterocycles. The number of aliphatic hydroxyl groups excluding tert-OH is 1. The summed E-state index contributed by atoms with van der Waals surface area (Å²) in [5.74, 6) is -0.520. The molecule has 6 aromatic heterocycles. The molecule has 6 aromatic rings. The Morgan fingerprint density at radius 2 is 1.22 bits per heavy atom. The lowest BCUT2D eigenvalue weighted by molar-refractivity contribution is -0.136. The van der Waals surface area contributed by atoms with Crippen molar-refractivity contribution in [1.29, 1.82) is 0 Å². The SMILES string of the molecule is CC(O)C(=O)N[C@@H]1CCC[C@H](Nc2nc(-c3c[nH]c4ncc(Cl)cc34)ncc2F)C1.O=C(N[C@H]1CCC[C@@H](Nc2nc(-c3c[nH]c4ncc(Cl)cc34)ncc2F)C1)C1CCCCO1. The highest BCUT2D eigenvalue weighted by Crippen LogP contribution is 2.31. The molecule has 16 nitrogen and oxygen atoms in total. The van der Waals surface area contributed by atoms with E-state index >= 15 is 0 Å². The predicted molar refractivity (Wildman–Crippen MR) is 235 cm³/mol. The predicted octanol–water partition coefficient (Wildman–Crippen LogP) is 7.25. The van der Waals surface area contributed by atoms with E-state index in [4.69, 9.17) is 27.9 Å². The number of ether oxygens (including phenoxy) is 1. The van der Waals surface area contributed by atoms with Crippen molar-refractivity contribution in [3.8, 4) is 22.8 Å². The van der Waals surface area contributed by atoms with Crippen molar-refractivity contribution in [3.63, 3.8) is 0 Å². The number of carbonyl (C=O) groups excluding carboxylic acids is 2. The standard InChI is InChI=1S/C23H26ClFN6O2.C20H22ClFN6O2/c24-13-8-16-17(11-27-20(16)26-10-13)21-28-12-18(25)22(31-21)29-14-4-3-5-15(9-14)30-23(32)19-6-1-2-7-33-19;1-10(29)20(30)27-13-4-2-3-12(6-13)26-19-16(22)9-25-18(28-19)15-8-24-17-14(15)5-11(21)7-23-17/h8,10-12,14-15,19H,1-7,9H2,(H,26,27)(H,30,32)(H,28,29,31);5,7-10,12-13,29H,2-4,6H2,1H3,(H,23,24)(H,27,30)(H,25,26,28)/t14-,15+,19?;10?,12-,13+/m10/s1. The molecular weight excluding hydrogens is 857 g/mol. The first-order valence-electron chi connectivity index (χ1n) is 21.2. The summed E-state index contributed by atoms with van der Waals surface area (Å²) in [5, 5.41) is 24.2. The van der Waals surface area contributed by atoms with Gasteiger partial charge in [0.15, 0.2) is 34.9 Å². The quantitative estimate of drug-likeness (QED) is 0.0723. The van der Waals surface area contributed by atoms with Gasteiger partial charge in [-0.15, -0.1) is 0 Å². The lowest BCUT2D eigenvalue weighted by atomic mass is 9.90. The molecule has 0 radical (unpaired) electrons. The Balaban J connectivity index is 0.000000174. The molecule has 9 rings (SSSR count). The van der Waals surface area contributed by atoms with Gasteiger partial charge in [0.25, 0.3) is 0 Å². The molecule has 1 aliphatic heterocycles. The van der Waals surface area contributed by atoms with Gasteiger partial charge in [0.1, 0.15) is 23.5 Å². The third-order valence-electron chi connectivity index (χ3n) is 11.5. The second-order valence-electron chi connectivity index (χ2n) is 16.2. The number of rotatable bonds is 10. The smallest absolute Gasteiger partial charge is 0.249 e. The number of aliphatic hydroxyl groups is 1. The highest BCUT2D eigenvalue weighted by atomic mass is 35.5. The summed E-state index contributed by atoms with van der Waals surface area (Å²) in [5.41, 5.74) is 2.67. The summed E-state index contributed by atoms with van der Waals surface area (Å²) in [4.78, 5) is 56.0. The van der Waals surface area contributed by atoms with Crippen molar-refractivity contribution in [2.24, 2.45) is 0 Å². The molecule has 3 aliphatic rings. The fourth-order valence-corrected chi connectivity index (χ4v) is 8.69.